The fourth-order valence-corrected chi connectivity index (χ4v) is 8.20. The molecule has 6 nitrogen and oxygen atoms in total. The minimum Gasteiger partial charge on any atom is -0.458 e. The van der Waals surface area contributed by atoms with E-state index in [0.717, 1.165) is 49.6 Å². The molecule has 4 heterocycles. The van der Waals surface area contributed by atoms with Gasteiger partial charge in [0.05, 0.1) is 47.3 Å². The predicted molar refractivity (Wildman–Crippen MR) is 240 cm³/mol. The van der Waals surface area contributed by atoms with E-state index in [1.54, 1.807) is 33.5 Å². The van der Waals surface area contributed by atoms with Gasteiger partial charge < -0.3 is 9.15 Å². The maximum Gasteiger partial charge on any atom is 0.269 e. The highest BCUT2D eigenvalue weighted by Gasteiger charge is 2.21. The van der Waals surface area contributed by atoms with Crippen molar-refractivity contribution in [2.45, 2.75) is 0 Å². The molecule has 0 fully saturated rings. The fourth-order valence-electron chi connectivity index (χ4n) is 8.20. The molecule has 0 saturated carbocycles. The molecular weight excluding hydrogens is 737 g/mol. The second kappa shape index (κ2) is 13.7. The Morgan fingerprint density at radius 3 is 2.00 bits per heavy atom. The average molecular weight is 781 g/mol. The van der Waals surface area contributed by atoms with Gasteiger partial charge in [-0.2, -0.15) is 0 Å². The monoisotopic (exact) mass is 780 g/mol. The van der Waals surface area contributed by atoms with Crippen LogP contribution in [0.25, 0.3) is 94.2 Å². The molecule has 0 saturated heterocycles. The topological polar surface area (TPSA) is 49.0 Å². The van der Waals surface area contributed by atoms with Crippen molar-refractivity contribution < 1.29 is 27.4 Å². The summed E-state index contributed by atoms with van der Waals surface area (Å²) in [7, 11) is 0. The first-order chi connectivity index (χ1) is 33.9. The van der Waals surface area contributed by atoms with Gasteiger partial charge in [0.2, 0.25) is 0 Å². The van der Waals surface area contributed by atoms with E-state index in [1.807, 2.05) is 97.1 Å². The Morgan fingerprint density at radius 2 is 1.22 bits per heavy atom. The Hall–Kier alpha value is -8.22. The van der Waals surface area contributed by atoms with Crippen LogP contribution < -0.4 is 9.30 Å². The third-order valence-corrected chi connectivity index (χ3v) is 10.8. The molecule has 0 aliphatic heterocycles. The van der Waals surface area contributed by atoms with E-state index in [4.69, 9.17) is 27.8 Å². The normalized spacial score (nSPS) is 14.0. The van der Waals surface area contributed by atoms with Crippen LogP contribution in [0.4, 0.5) is 0 Å². The molecule has 0 unspecified atom stereocenters. The molecule has 0 spiro atoms. The lowest BCUT2D eigenvalue weighted by molar-refractivity contribution is -0.571. The van der Waals surface area contributed by atoms with Crippen LogP contribution in [-0.4, -0.2) is 14.1 Å². The van der Waals surface area contributed by atoms with Crippen LogP contribution in [0.5, 0.6) is 11.5 Å². The van der Waals surface area contributed by atoms with Gasteiger partial charge in [-0.3, -0.25) is 13.7 Å². The zero-order chi connectivity index (χ0) is 48.3. The summed E-state index contributed by atoms with van der Waals surface area (Å²) in [5, 5.41) is 3.99. The highest BCUT2D eigenvalue weighted by molar-refractivity contribution is 6.16. The number of para-hydroxylation sites is 4. The lowest BCUT2D eigenvalue weighted by Gasteiger charge is -2.17. The maximum atomic E-state index is 9.00. The summed E-state index contributed by atoms with van der Waals surface area (Å²) in [6, 6.07) is 38.2. The van der Waals surface area contributed by atoms with Gasteiger partial charge in [0.1, 0.15) is 28.3 Å². The zero-order valence-electron chi connectivity index (χ0n) is 41.5. The molecule has 0 radical (unpaired) electrons. The van der Waals surface area contributed by atoms with Crippen LogP contribution in [0.1, 0.15) is 13.7 Å². The number of pyridine rings is 1. The molecule has 0 aliphatic carbocycles. The lowest BCUT2D eigenvalue weighted by atomic mass is 9.95. The van der Waals surface area contributed by atoms with Gasteiger partial charge in [0, 0.05) is 33.8 Å². The molecule has 0 aliphatic rings. The molecule has 60 heavy (non-hydrogen) atoms. The van der Waals surface area contributed by atoms with Crippen molar-refractivity contribution in [1.29, 1.82) is 0 Å². The molecule has 8 aromatic carbocycles. The number of furan rings is 1. The summed E-state index contributed by atoms with van der Waals surface area (Å²) in [6.45, 7) is 0. The SMILES string of the molecule is [2H]c1c([2H])c([2H])c(-c2cccc(-c3c([2H])c([2H])c([2H])c([2H])c3[2H])c2-[n+]2[c-]n(-c3cccc(Oc4cccc(-n5c6cc7c(cc6c6cccnc65)oc5ccccc57)c4)c3)c3ccccc32)c([2H])c1[2H]. The lowest BCUT2D eigenvalue weighted by Crippen LogP contribution is -2.31. The smallest absolute Gasteiger partial charge is 0.269 e. The molecule has 0 amide bonds. The first-order valence-electron chi connectivity index (χ1n) is 24.2. The van der Waals surface area contributed by atoms with Crippen molar-refractivity contribution in [2.75, 3.05) is 0 Å². The number of nitrogens with zero attached hydrogens (tertiary/aromatic N) is 4. The van der Waals surface area contributed by atoms with E-state index < -0.39 is 60.4 Å². The Labute approximate surface area is 359 Å². The Kier molecular flexibility index (Phi) is 5.76. The maximum absolute atomic E-state index is 9.00. The van der Waals surface area contributed by atoms with E-state index >= 15 is 0 Å². The van der Waals surface area contributed by atoms with Gasteiger partial charge in [-0.25, -0.2) is 4.98 Å². The van der Waals surface area contributed by atoms with Gasteiger partial charge >= 0.3 is 0 Å². The van der Waals surface area contributed by atoms with Crippen LogP contribution in [0.3, 0.4) is 0 Å². The van der Waals surface area contributed by atoms with Crippen LogP contribution in [0.15, 0.2) is 211 Å². The number of aromatic nitrogens is 4. The largest absolute Gasteiger partial charge is 0.458 e. The van der Waals surface area contributed by atoms with Crippen LogP contribution in [-0.2, 0) is 0 Å². The number of hydrogen-bond acceptors (Lipinski definition) is 3. The first kappa shape index (κ1) is 25.2. The Bertz CT molecular complexity index is 4050. The molecule has 4 aromatic heterocycles. The summed E-state index contributed by atoms with van der Waals surface area (Å²) in [5.74, 6) is 1.06. The van der Waals surface area contributed by atoms with Crippen molar-refractivity contribution in [1.82, 2.24) is 14.1 Å². The molecule has 0 N–H and O–H groups in total. The number of ether oxygens (including phenoxy) is 1. The van der Waals surface area contributed by atoms with Crippen molar-refractivity contribution in [3.63, 3.8) is 0 Å². The zero-order valence-corrected chi connectivity index (χ0v) is 31.5. The Morgan fingerprint density at radius 1 is 0.550 bits per heavy atom. The van der Waals surface area contributed by atoms with Crippen molar-refractivity contribution in [2.24, 2.45) is 0 Å². The van der Waals surface area contributed by atoms with E-state index in [-0.39, 0.29) is 27.9 Å². The molecule has 12 aromatic rings. The number of fused-ring (bicyclic) bond motifs is 7. The number of hydrogen-bond donors (Lipinski definition) is 0. The molecule has 6 heteroatoms. The first-order valence-corrected chi connectivity index (χ1v) is 19.2. The number of imidazole rings is 1. The van der Waals surface area contributed by atoms with Gasteiger partial charge in [0.15, 0.2) is 0 Å². The van der Waals surface area contributed by atoms with Gasteiger partial charge in [-0.15, -0.1) is 0 Å². The summed E-state index contributed by atoms with van der Waals surface area (Å²) < 4.78 is 105. The summed E-state index contributed by atoms with van der Waals surface area (Å²) >= 11 is 0. The molecular formula is C54H34N4O2. The Balaban J connectivity index is 1.00. The molecule has 12 rings (SSSR count). The standard InChI is InChI=1S/C54H34N4O2/c1-3-15-36(16-4-1)42-24-13-25-43(37-17-5-2-6-18-37)53(42)57-35-56(48-27-8-9-28-49(48)57)38-19-11-21-40(31-38)59-41-22-12-20-39(32-41)58-50-33-47-44-23-7-10-29-51(44)60-52(47)34-46(50)45-26-14-30-55-54(45)58/h1-34H/i1D,2D,3D,4D,5D,6D,15D,16D,17D,18D. The van der Waals surface area contributed by atoms with Gasteiger partial charge in [-0.05, 0) is 82.9 Å². The van der Waals surface area contributed by atoms with E-state index in [1.165, 1.54) is 0 Å². The molecule has 0 atom stereocenters. The fraction of sp³-hybridized carbons (Fsp3) is 0. The van der Waals surface area contributed by atoms with Crippen LogP contribution in [0.2, 0.25) is 0 Å². The van der Waals surface area contributed by atoms with E-state index in [0.29, 0.717) is 28.2 Å². The van der Waals surface area contributed by atoms with Crippen molar-refractivity contribution >= 4 is 54.9 Å². The molecule has 0 bridgehead atoms. The van der Waals surface area contributed by atoms with Gasteiger partial charge in [0.25, 0.3) is 6.33 Å². The van der Waals surface area contributed by atoms with Crippen molar-refractivity contribution in [3.8, 4) is 50.8 Å². The number of benzene rings is 8. The second-order valence-corrected chi connectivity index (χ2v) is 14.2. The third-order valence-electron chi connectivity index (χ3n) is 10.8. The van der Waals surface area contributed by atoms with Crippen molar-refractivity contribution in [3.05, 3.63) is 212 Å². The van der Waals surface area contributed by atoms with Gasteiger partial charge in [-0.1, -0.05) is 133 Å². The van der Waals surface area contributed by atoms with E-state index in [9.17, 15) is 0 Å². The molecule has 282 valence electrons. The highest BCUT2D eigenvalue weighted by atomic mass is 16.5. The minimum absolute atomic E-state index is 0.134. The van der Waals surface area contributed by atoms with E-state index in [2.05, 4.69) is 35.2 Å². The quantitative estimate of drug-likeness (QED) is 0.120. The number of rotatable bonds is 7. The minimum atomic E-state index is -0.569. The van der Waals surface area contributed by atoms with Crippen LogP contribution in [0, 0.1) is 6.33 Å². The predicted octanol–water partition coefficient (Wildman–Crippen LogP) is 13.2. The average Bonchev–Trinajstić information content (AvgIpc) is 4.05. The summed E-state index contributed by atoms with van der Waals surface area (Å²) in [4.78, 5) is 4.82. The second-order valence-electron chi connectivity index (χ2n) is 14.2. The highest BCUT2D eigenvalue weighted by Crippen LogP contribution is 2.39. The third kappa shape index (κ3) is 5.50. The van der Waals surface area contributed by atoms with Crippen LogP contribution >= 0.6 is 0 Å². The summed E-state index contributed by atoms with van der Waals surface area (Å²) in [6.07, 6.45) is 5.21. The summed E-state index contributed by atoms with van der Waals surface area (Å²) in [5.41, 5.74) is 6.21.